The second kappa shape index (κ2) is 5.04. The van der Waals surface area contributed by atoms with Gasteiger partial charge < -0.3 is 5.32 Å². The molecule has 0 amide bonds. The van der Waals surface area contributed by atoms with Crippen molar-refractivity contribution in [3.8, 4) is 0 Å². The first-order valence-electron chi connectivity index (χ1n) is 5.67. The summed E-state index contributed by atoms with van der Waals surface area (Å²) < 4.78 is 0. The molecule has 1 N–H and O–H groups in total. The summed E-state index contributed by atoms with van der Waals surface area (Å²) in [6.07, 6.45) is 1.20. The molecular weight excluding hydrogens is 202 g/mol. The standard InChI is InChI=1S/C13H19NS/c1-10-5-3-4-6-12(10)9-13-11(2)14-7-8-15-13/h3-6,11,13-14H,7-9H2,1-2H3. The number of rotatable bonds is 2. The van der Waals surface area contributed by atoms with Gasteiger partial charge in [-0.2, -0.15) is 11.8 Å². The predicted octanol–water partition coefficient (Wildman–Crippen LogP) is 2.63. The topological polar surface area (TPSA) is 12.0 Å². The summed E-state index contributed by atoms with van der Waals surface area (Å²) in [6.45, 7) is 5.67. The Morgan fingerprint density at radius 1 is 1.40 bits per heavy atom. The summed E-state index contributed by atoms with van der Waals surface area (Å²) in [5, 5.41) is 4.29. The maximum atomic E-state index is 3.55. The highest BCUT2D eigenvalue weighted by atomic mass is 32.2. The summed E-state index contributed by atoms with van der Waals surface area (Å²) in [6, 6.07) is 9.38. The molecule has 2 heteroatoms. The number of aryl methyl sites for hydroxylation is 1. The molecule has 1 saturated heterocycles. The molecule has 15 heavy (non-hydrogen) atoms. The summed E-state index contributed by atoms with van der Waals surface area (Å²) >= 11 is 2.11. The fourth-order valence-electron chi connectivity index (χ4n) is 2.06. The van der Waals surface area contributed by atoms with Gasteiger partial charge in [0.2, 0.25) is 0 Å². The molecule has 0 aliphatic carbocycles. The Kier molecular flexibility index (Phi) is 3.71. The highest BCUT2D eigenvalue weighted by Crippen LogP contribution is 2.23. The van der Waals surface area contributed by atoms with Gasteiger partial charge in [-0.3, -0.25) is 0 Å². The zero-order valence-electron chi connectivity index (χ0n) is 9.49. The maximum absolute atomic E-state index is 3.55. The van der Waals surface area contributed by atoms with Gasteiger partial charge in [-0.1, -0.05) is 24.3 Å². The molecule has 0 aromatic heterocycles. The van der Waals surface area contributed by atoms with Crippen molar-refractivity contribution in [1.82, 2.24) is 5.32 Å². The van der Waals surface area contributed by atoms with E-state index >= 15 is 0 Å². The molecular formula is C13H19NS. The molecule has 0 radical (unpaired) electrons. The van der Waals surface area contributed by atoms with E-state index in [1.165, 1.54) is 23.3 Å². The third-order valence-corrected chi connectivity index (χ3v) is 4.58. The van der Waals surface area contributed by atoms with Gasteiger partial charge in [0.05, 0.1) is 0 Å². The van der Waals surface area contributed by atoms with Gasteiger partial charge in [-0.05, 0) is 31.4 Å². The average molecular weight is 221 g/mol. The number of nitrogens with one attached hydrogen (secondary N) is 1. The number of hydrogen-bond acceptors (Lipinski definition) is 2. The highest BCUT2D eigenvalue weighted by molar-refractivity contribution is 8.00. The second-order valence-electron chi connectivity index (χ2n) is 4.28. The lowest BCUT2D eigenvalue weighted by molar-refractivity contribution is 0.528. The van der Waals surface area contributed by atoms with Crippen LogP contribution in [0.3, 0.4) is 0 Å². The molecule has 0 bridgehead atoms. The van der Waals surface area contributed by atoms with Gasteiger partial charge in [0.25, 0.3) is 0 Å². The molecule has 1 nitrogen and oxygen atoms in total. The van der Waals surface area contributed by atoms with Crippen LogP contribution in [0.4, 0.5) is 0 Å². The smallest absolute Gasteiger partial charge is 0.0239 e. The van der Waals surface area contributed by atoms with Crippen LogP contribution in [0.25, 0.3) is 0 Å². The first-order chi connectivity index (χ1) is 7.27. The largest absolute Gasteiger partial charge is 0.312 e. The van der Waals surface area contributed by atoms with E-state index in [2.05, 4.69) is 55.2 Å². The summed E-state index contributed by atoms with van der Waals surface area (Å²) in [5.74, 6) is 1.25. The van der Waals surface area contributed by atoms with Crippen LogP contribution in [0, 0.1) is 6.92 Å². The highest BCUT2D eigenvalue weighted by Gasteiger charge is 2.21. The van der Waals surface area contributed by atoms with Crippen LogP contribution in [-0.4, -0.2) is 23.6 Å². The number of thioether (sulfide) groups is 1. The van der Waals surface area contributed by atoms with Crippen LogP contribution in [0.2, 0.25) is 0 Å². The van der Waals surface area contributed by atoms with Gasteiger partial charge in [-0.25, -0.2) is 0 Å². The number of hydrogen-bond donors (Lipinski definition) is 1. The van der Waals surface area contributed by atoms with Crippen molar-refractivity contribution in [2.75, 3.05) is 12.3 Å². The van der Waals surface area contributed by atoms with Gasteiger partial charge >= 0.3 is 0 Å². The zero-order valence-corrected chi connectivity index (χ0v) is 10.3. The predicted molar refractivity (Wildman–Crippen MR) is 68.6 cm³/mol. The van der Waals surface area contributed by atoms with E-state index in [0.717, 1.165) is 11.8 Å². The van der Waals surface area contributed by atoms with Crippen molar-refractivity contribution in [2.24, 2.45) is 0 Å². The van der Waals surface area contributed by atoms with Crippen molar-refractivity contribution < 1.29 is 0 Å². The molecule has 1 heterocycles. The zero-order chi connectivity index (χ0) is 10.7. The third-order valence-electron chi connectivity index (χ3n) is 3.14. The minimum Gasteiger partial charge on any atom is -0.312 e. The molecule has 1 aromatic rings. The molecule has 0 saturated carbocycles. The monoisotopic (exact) mass is 221 g/mol. The minimum atomic E-state index is 0.642. The SMILES string of the molecule is Cc1ccccc1CC1SCCNC1C. The van der Waals surface area contributed by atoms with Crippen LogP contribution in [0.1, 0.15) is 18.1 Å². The normalized spacial score (nSPS) is 26.5. The van der Waals surface area contributed by atoms with Crippen molar-refractivity contribution in [3.05, 3.63) is 35.4 Å². The Hall–Kier alpha value is -0.470. The van der Waals surface area contributed by atoms with Gasteiger partial charge in [0.1, 0.15) is 0 Å². The molecule has 1 fully saturated rings. The van der Waals surface area contributed by atoms with Crippen molar-refractivity contribution >= 4 is 11.8 Å². The summed E-state index contributed by atoms with van der Waals surface area (Å²) in [5.41, 5.74) is 2.93. The van der Waals surface area contributed by atoms with E-state index in [9.17, 15) is 0 Å². The first kappa shape index (κ1) is 11.0. The van der Waals surface area contributed by atoms with Crippen LogP contribution in [-0.2, 0) is 6.42 Å². The van der Waals surface area contributed by atoms with Gasteiger partial charge in [-0.15, -0.1) is 0 Å². The number of benzene rings is 1. The van der Waals surface area contributed by atoms with Crippen molar-refractivity contribution in [1.29, 1.82) is 0 Å². The molecule has 1 aliphatic rings. The molecule has 1 aromatic carbocycles. The fourth-order valence-corrected chi connectivity index (χ4v) is 3.29. The Labute approximate surface area is 96.7 Å². The Morgan fingerprint density at radius 3 is 2.93 bits per heavy atom. The van der Waals surface area contributed by atoms with Crippen LogP contribution in [0.5, 0.6) is 0 Å². The minimum absolute atomic E-state index is 0.642. The fraction of sp³-hybridized carbons (Fsp3) is 0.538. The van der Waals surface area contributed by atoms with E-state index in [1.54, 1.807) is 0 Å². The maximum Gasteiger partial charge on any atom is 0.0239 e. The Morgan fingerprint density at radius 2 is 2.20 bits per heavy atom. The van der Waals surface area contributed by atoms with Crippen molar-refractivity contribution in [2.45, 2.75) is 31.6 Å². The summed E-state index contributed by atoms with van der Waals surface area (Å²) in [4.78, 5) is 0. The second-order valence-corrected chi connectivity index (χ2v) is 5.63. The van der Waals surface area contributed by atoms with E-state index in [1.807, 2.05) is 0 Å². The molecule has 82 valence electrons. The molecule has 0 spiro atoms. The lowest BCUT2D eigenvalue weighted by Gasteiger charge is -2.30. The lowest BCUT2D eigenvalue weighted by atomic mass is 10.0. The van der Waals surface area contributed by atoms with Gasteiger partial charge in [0, 0.05) is 23.6 Å². The third kappa shape index (κ3) is 2.76. The van der Waals surface area contributed by atoms with Crippen LogP contribution >= 0.6 is 11.8 Å². The van der Waals surface area contributed by atoms with E-state index in [0.29, 0.717) is 6.04 Å². The molecule has 2 rings (SSSR count). The molecule has 1 aliphatic heterocycles. The van der Waals surface area contributed by atoms with E-state index < -0.39 is 0 Å². The summed E-state index contributed by atoms with van der Waals surface area (Å²) in [7, 11) is 0. The molecule has 2 unspecified atom stereocenters. The Bertz CT molecular complexity index is 324. The molecule has 2 atom stereocenters. The quantitative estimate of drug-likeness (QED) is 0.824. The van der Waals surface area contributed by atoms with Crippen LogP contribution in [0.15, 0.2) is 24.3 Å². The van der Waals surface area contributed by atoms with Gasteiger partial charge in [0.15, 0.2) is 0 Å². The van der Waals surface area contributed by atoms with E-state index in [4.69, 9.17) is 0 Å². The Balaban J connectivity index is 2.04. The average Bonchev–Trinajstić information content (AvgIpc) is 2.24. The van der Waals surface area contributed by atoms with Crippen molar-refractivity contribution in [3.63, 3.8) is 0 Å². The lowest BCUT2D eigenvalue weighted by Crippen LogP contribution is -2.42. The van der Waals surface area contributed by atoms with Crippen LogP contribution < -0.4 is 5.32 Å². The van der Waals surface area contributed by atoms with E-state index in [-0.39, 0.29) is 0 Å². The first-order valence-corrected chi connectivity index (χ1v) is 6.72.